The molecule has 1 aromatic heterocycles. The molecule has 2 aromatic carbocycles. The molecular formula is C34H39N5O4. The topological polar surface area (TPSA) is 110 Å². The number of para-hydroxylation sites is 2. The molecule has 0 spiro atoms. The van der Waals surface area contributed by atoms with E-state index in [9.17, 15) is 9.59 Å². The Hall–Kier alpha value is -4.27. The van der Waals surface area contributed by atoms with Crippen LogP contribution in [0.15, 0.2) is 66.9 Å². The summed E-state index contributed by atoms with van der Waals surface area (Å²) in [5.41, 5.74) is 10.2. The number of nitrogens with zero attached hydrogens (tertiary/aromatic N) is 3. The first-order valence-electron chi connectivity index (χ1n) is 15.4. The van der Waals surface area contributed by atoms with E-state index in [2.05, 4.69) is 39.5 Å². The lowest BCUT2D eigenvalue weighted by molar-refractivity contribution is -0.145. The molecule has 5 aliphatic rings. The molecule has 3 aromatic rings. The number of carbonyl (C=O) groups is 2. The molecule has 43 heavy (non-hydrogen) atoms. The Morgan fingerprint density at radius 3 is 2.33 bits per heavy atom. The minimum absolute atomic E-state index is 0.0278. The molecule has 0 saturated heterocycles. The summed E-state index contributed by atoms with van der Waals surface area (Å²) in [7, 11) is 0. The van der Waals surface area contributed by atoms with Crippen molar-refractivity contribution >= 4 is 29.1 Å². The summed E-state index contributed by atoms with van der Waals surface area (Å²) in [5.74, 6) is 1.68. The van der Waals surface area contributed by atoms with Gasteiger partial charge in [0.2, 0.25) is 5.91 Å². The summed E-state index contributed by atoms with van der Waals surface area (Å²) in [4.78, 5) is 38.3. The third-order valence-electron chi connectivity index (χ3n) is 9.82. The molecule has 224 valence electrons. The first-order valence-corrected chi connectivity index (χ1v) is 15.4. The van der Waals surface area contributed by atoms with E-state index in [0.717, 1.165) is 66.2 Å². The maximum atomic E-state index is 13.2. The van der Waals surface area contributed by atoms with Gasteiger partial charge in [-0.1, -0.05) is 24.3 Å². The number of amides is 2. The monoisotopic (exact) mass is 581 g/mol. The number of hydrogen-bond acceptors (Lipinski definition) is 7. The van der Waals surface area contributed by atoms with E-state index >= 15 is 0 Å². The minimum Gasteiger partial charge on any atom is -0.489 e. The Bertz CT molecular complexity index is 1490. The van der Waals surface area contributed by atoms with E-state index < -0.39 is 6.09 Å². The second-order valence-electron chi connectivity index (χ2n) is 13.0. The molecule has 4 bridgehead atoms. The quantitative estimate of drug-likeness (QED) is 0.362. The fourth-order valence-electron chi connectivity index (χ4n) is 8.23. The molecule has 5 atom stereocenters. The molecule has 2 heterocycles. The highest BCUT2D eigenvalue weighted by molar-refractivity contribution is 5.82. The molecule has 4 aliphatic carbocycles. The highest BCUT2D eigenvalue weighted by Gasteiger charge is 2.58. The Kier molecular flexibility index (Phi) is 6.91. The first-order chi connectivity index (χ1) is 20.8. The number of hydrogen-bond donors (Lipinski definition) is 2. The van der Waals surface area contributed by atoms with Crippen LogP contribution in [-0.2, 0) is 9.63 Å². The summed E-state index contributed by atoms with van der Waals surface area (Å²) in [5, 5.41) is 4.89. The molecule has 1 aliphatic heterocycles. The van der Waals surface area contributed by atoms with E-state index in [1.54, 1.807) is 11.3 Å². The number of nitrogens with two attached hydrogens (primary N) is 1. The van der Waals surface area contributed by atoms with Crippen molar-refractivity contribution in [3.05, 3.63) is 66.9 Å². The van der Waals surface area contributed by atoms with Crippen molar-refractivity contribution in [2.45, 2.75) is 58.1 Å². The number of nitrogens with one attached hydrogen (secondary N) is 1. The Morgan fingerprint density at radius 2 is 1.67 bits per heavy atom. The zero-order valence-corrected chi connectivity index (χ0v) is 24.7. The molecular weight excluding hydrogens is 542 g/mol. The van der Waals surface area contributed by atoms with Gasteiger partial charge in [-0.05, 0) is 100 Å². The zero-order valence-electron chi connectivity index (χ0n) is 24.7. The van der Waals surface area contributed by atoms with E-state index in [0.29, 0.717) is 19.0 Å². The average Bonchev–Trinajstić information content (AvgIpc) is 2.99. The molecule has 3 unspecified atom stereocenters. The van der Waals surface area contributed by atoms with Gasteiger partial charge in [-0.25, -0.2) is 9.86 Å². The van der Waals surface area contributed by atoms with E-state index in [4.69, 9.17) is 15.3 Å². The molecule has 8 rings (SSSR count). The van der Waals surface area contributed by atoms with E-state index in [1.165, 1.54) is 0 Å². The van der Waals surface area contributed by atoms with Gasteiger partial charge < -0.3 is 25.5 Å². The summed E-state index contributed by atoms with van der Waals surface area (Å²) in [6.45, 7) is 5.17. The zero-order chi connectivity index (χ0) is 29.7. The van der Waals surface area contributed by atoms with Crippen molar-refractivity contribution < 1.29 is 19.2 Å². The van der Waals surface area contributed by atoms with Crippen LogP contribution in [0.2, 0.25) is 0 Å². The SMILES string of the molecule is CC(C)Oc1ccc(-c2ccc(N3CCN(OC(=O)NC4[C@@H]5CC6C[C@H]4CC(C(N)=O)(C6)C5)c4ccccc43)cc2)nc1. The second-order valence-corrected chi connectivity index (χ2v) is 13.0. The highest BCUT2D eigenvalue weighted by Crippen LogP contribution is 2.60. The number of anilines is 3. The lowest BCUT2D eigenvalue weighted by Gasteiger charge is -2.58. The molecule has 4 fully saturated rings. The number of rotatable bonds is 7. The van der Waals surface area contributed by atoms with Crippen molar-refractivity contribution in [1.29, 1.82) is 0 Å². The van der Waals surface area contributed by atoms with Crippen LogP contribution in [-0.4, -0.2) is 42.2 Å². The third-order valence-corrected chi connectivity index (χ3v) is 9.82. The number of carbonyl (C=O) groups excluding carboxylic acids is 2. The molecule has 3 N–H and O–H groups in total. The number of pyridine rings is 1. The van der Waals surface area contributed by atoms with Crippen LogP contribution in [0.3, 0.4) is 0 Å². The van der Waals surface area contributed by atoms with E-state index in [1.807, 2.05) is 50.2 Å². The van der Waals surface area contributed by atoms with Gasteiger partial charge in [-0.15, -0.1) is 0 Å². The maximum absolute atomic E-state index is 13.2. The number of hydroxylamine groups is 1. The fraction of sp³-hybridized carbons (Fsp3) is 0.441. The van der Waals surface area contributed by atoms with Crippen LogP contribution >= 0.6 is 0 Å². The summed E-state index contributed by atoms with van der Waals surface area (Å²) in [6.07, 6.45) is 5.98. The molecule has 4 saturated carbocycles. The lowest BCUT2D eigenvalue weighted by atomic mass is 9.47. The van der Waals surface area contributed by atoms with Crippen LogP contribution in [0, 0.1) is 23.2 Å². The van der Waals surface area contributed by atoms with Crippen LogP contribution in [0.5, 0.6) is 5.75 Å². The number of fused-ring (bicyclic) bond motifs is 1. The maximum Gasteiger partial charge on any atom is 0.431 e. The van der Waals surface area contributed by atoms with Gasteiger partial charge in [0.05, 0.1) is 35.9 Å². The molecule has 2 amide bonds. The van der Waals surface area contributed by atoms with Gasteiger partial charge in [-0.3, -0.25) is 9.78 Å². The second kappa shape index (κ2) is 10.8. The average molecular weight is 582 g/mol. The first kappa shape index (κ1) is 27.6. The predicted octanol–water partition coefficient (Wildman–Crippen LogP) is 5.82. The lowest BCUT2D eigenvalue weighted by Crippen LogP contribution is -2.62. The number of ether oxygens (including phenoxy) is 1. The Morgan fingerprint density at radius 1 is 0.953 bits per heavy atom. The summed E-state index contributed by atoms with van der Waals surface area (Å²) < 4.78 is 5.72. The number of benzene rings is 2. The van der Waals surface area contributed by atoms with Gasteiger partial charge >= 0.3 is 6.09 Å². The summed E-state index contributed by atoms with van der Waals surface area (Å²) >= 11 is 0. The molecule has 9 nitrogen and oxygen atoms in total. The molecule has 9 heteroatoms. The number of primary amides is 1. The standard InChI is InChI=1S/C34H39N5O4/c1-21(2)42-27-11-12-28(36-20-27)23-7-9-26(10-8-23)38-13-14-39(30-6-4-3-5-29(30)38)43-33(41)37-31-24-15-22-16-25(31)19-34(17-22,18-24)32(35)40/h3-12,20-22,24-25,31H,13-19H2,1-2H3,(H2,35,40)(H,37,41)/t22?,24-,25+,31?,34?. The van der Waals surface area contributed by atoms with Crippen LogP contribution in [0.25, 0.3) is 11.3 Å². The fourth-order valence-corrected chi connectivity index (χ4v) is 8.23. The van der Waals surface area contributed by atoms with Crippen molar-refractivity contribution in [3.8, 4) is 17.0 Å². The van der Waals surface area contributed by atoms with Gasteiger partial charge in [-0.2, -0.15) is 0 Å². The normalized spacial score (nSPS) is 27.1. The molecule has 0 radical (unpaired) electrons. The van der Waals surface area contributed by atoms with Crippen molar-refractivity contribution in [1.82, 2.24) is 10.3 Å². The Balaban J connectivity index is 1.02. The third kappa shape index (κ3) is 5.15. The predicted molar refractivity (Wildman–Crippen MR) is 165 cm³/mol. The van der Waals surface area contributed by atoms with Crippen molar-refractivity contribution in [2.24, 2.45) is 28.9 Å². The van der Waals surface area contributed by atoms with Gasteiger partial charge in [0.25, 0.3) is 0 Å². The van der Waals surface area contributed by atoms with Gasteiger partial charge in [0, 0.05) is 29.3 Å². The summed E-state index contributed by atoms with van der Waals surface area (Å²) in [6, 6.07) is 20.3. The van der Waals surface area contributed by atoms with Crippen molar-refractivity contribution in [3.63, 3.8) is 0 Å². The smallest absolute Gasteiger partial charge is 0.431 e. The Labute approximate surface area is 252 Å². The van der Waals surface area contributed by atoms with Crippen LogP contribution < -0.4 is 25.8 Å². The van der Waals surface area contributed by atoms with Crippen molar-refractivity contribution in [2.75, 3.05) is 23.1 Å². The van der Waals surface area contributed by atoms with Crippen LogP contribution in [0.4, 0.5) is 21.9 Å². The largest absolute Gasteiger partial charge is 0.489 e. The highest BCUT2D eigenvalue weighted by atomic mass is 16.7. The van der Waals surface area contributed by atoms with E-state index in [-0.39, 0.29) is 35.3 Å². The van der Waals surface area contributed by atoms with Crippen LogP contribution in [0.1, 0.15) is 46.0 Å². The van der Waals surface area contributed by atoms with Gasteiger partial charge in [0.15, 0.2) is 0 Å². The number of aromatic nitrogens is 1. The van der Waals surface area contributed by atoms with Gasteiger partial charge in [0.1, 0.15) is 5.75 Å². The minimum atomic E-state index is -0.435.